The molecule has 0 radical (unpaired) electrons. The van der Waals surface area contributed by atoms with Crippen LogP contribution >= 0.6 is 0 Å². The predicted molar refractivity (Wildman–Crippen MR) is 80.8 cm³/mol. The molecule has 0 unspecified atom stereocenters. The van der Waals surface area contributed by atoms with Gasteiger partial charge in [0.15, 0.2) is 0 Å². The minimum atomic E-state index is -0.219. The Morgan fingerprint density at radius 3 is 2.90 bits per heavy atom. The second kappa shape index (κ2) is 5.15. The number of nitrogens with zero attached hydrogens (tertiary/aromatic N) is 1. The average Bonchev–Trinajstić information content (AvgIpc) is 2.88. The average molecular weight is 289 g/mol. The third kappa shape index (κ3) is 2.42. The molecule has 2 aromatic rings. The van der Waals surface area contributed by atoms with Gasteiger partial charge in [-0.05, 0) is 44.4 Å². The van der Waals surface area contributed by atoms with E-state index in [1.165, 1.54) is 0 Å². The highest BCUT2D eigenvalue weighted by Gasteiger charge is 2.24. The number of H-pyrrole nitrogens is 1. The molecule has 1 aromatic heterocycles. The van der Waals surface area contributed by atoms with Crippen molar-refractivity contribution in [3.8, 4) is 0 Å². The Balaban J connectivity index is 1.97. The van der Waals surface area contributed by atoms with E-state index in [1.54, 1.807) is 30.9 Å². The highest BCUT2D eigenvalue weighted by Crippen LogP contribution is 2.25. The summed E-state index contributed by atoms with van der Waals surface area (Å²) in [5.41, 5.74) is 8.28. The van der Waals surface area contributed by atoms with E-state index >= 15 is 0 Å². The first-order chi connectivity index (χ1) is 9.97. The number of nitrogens with two attached hydrogens (primary N) is 1. The first-order valence-corrected chi connectivity index (χ1v) is 7.30. The maximum absolute atomic E-state index is 13.9. The largest absolute Gasteiger partial charge is 0.350 e. The lowest BCUT2D eigenvalue weighted by atomic mass is 10.1. The Morgan fingerprint density at radius 2 is 2.19 bits per heavy atom. The highest BCUT2D eigenvalue weighted by molar-refractivity contribution is 5.99. The van der Waals surface area contributed by atoms with Gasteiger partial charge in [0.1, 0.15) is 11.5 Å². The summed E-state index contributed by atoms with van der Waals surface area (Å²) in [4.78, 5) is 17.4. The number of rotatable bonds is 1. The molecule has 1 saturated heterocycles. The molecule has 1 aliphatic heterocycles. The topological polar surface area (TPSA) is 62.1 Å². The molecule has 1 atom stereocenters. The molecule has 0 spiro atoms. The molecule has 21 heavy (non-hydrogen) atoms. The first-order valence-electron chi connectivity index (χ1n) is 7.30. The highest BCUT2D eigenvalue weighted by atomic mass is 19.1. The molecular weight excluding hydrogens is 269 g/mol. The van der Waals surface area contributed by atoms with E-state index in [9.17, 15) is 9.18 Å². The summed E-state index contributed by atoms with van der Waals surface area (Å²) < 4.78 is 13.9. The van der Waals surface area contributed by atoms with Crippen molar-refractivity contribution >= 4 is 16.8 Å². The molecule has 0 aliphatic carbocycles. The number of amides is 1. The molecule has 3 N–H and O–H groups in total. The van der Waals surface area contributed by atoms with Crippen LogP contribution in [0.2, 0.25) is 0 Å². The molecule has 1 fully saturated rings. The van der Waals surface area contributed by atoms with Crippen LogP contribution in [-0.4, -0.2) is 34.9 Å². The number of carbonyl (C=O) groups excluding carboxylic acids is 1. The normalized spacial score (nSPS) is 19.2. The van der Waals surface area contributed by atoms with Crippen LogP contribution in [0.1, 0.15) is 34.5 Å². The summed E-state index contributed by atoms with van der Waals surface area (Å²) in [6, 6.07) is 3.62. The molecule has 4 nitrogen and oxygen atoms in total. The van der Waals surface area contributed by atoms with Gasteiger partial charge in [0.05, 0.1) is 5.52 Å². The third-order valence-corrected chi connectivity index (χ3v) is 4.25. The van der Waals surface area contributed by atoms with E-state index in [1.807, 2.05) is 0 Å². The first kappa shape index (κ1) is 14.1. The van der Waals surface area contributed by atoms with Crippen molar-refractivity contribution in [1.82, 2.24) is 9.88 Å². The van der Waals surface area contributed by atoms with Crippen molar-refractivity contribution in [3.05, 3.63) is 34.8 Å². The van der Waals surface area contributed by atoms with Crippen molar-refractivity contribution in [2.75, 3.05) is 13.1 Å². The monoisotopic (exact) mass is 289 g/mol. The lowest BCUT2D eigenvalue weighted by Gasteiger charge is -2.30. The summed E-state index contributed by atoms with van der Waals surface area (Å²) in [5.74, 6) is -0.276. The van der Waals surface area contributed by atoms with Crippen LogP contribution in [-0.2, 0) is 0 Å². The minimum Gasteiger partial charge on any atom is -0.350 e. The molecular formula is C16H20FN3O. The number of piperidine rings is 1. The second-order valence-corrected chi connectivity index (χ2v) is 5.93. The number of fused-ring (bicyclic) bond motifs is 1. The second-order valence-electron chi connectivity index (χ2n) is 5.93. The van der Waals surface area contributed by atoms with Crippen LogP contribution in [0.4, 0.5) is 4.39 Å². The molecule has 2 heterocycles. The van der Waals surface area contributed by atoms with Crippen LogP contribution < -0.4 is 5.73 Å². The maximum atomic E-state index is 13.9. The smallest absolute Gasteiger partial charge is 0.270 e. The van der Waals surface area contributed by atoms with Crippen molar-refractivity contribution < 1.29 is 9.18 Å². The number of benzene rings is 1. The zero-order valence-corrected chi connectivity index (χ0v) is 12.4. The molecule has 1 amide bonds. The van der Waals surface area contributed by atoms with Crippen LogP contribution in [0.25, 0.3) is 10.9 Å². The van der Waals surface area contributed by atoms with Gasteiger partial charge < -0.3 is 15.6 Å². The van der Waals surface area contributed by atoms with Gasteiger partial charge in [0, 0.05) is 30.1 Å². The van der Waals surface area contributed by atoms with Crippen molar-refractivity contribution in [3.63, 3.8) is 0 Å². The third-order valence-electron chi connectivity index (χ3n) is 4.25. The number of aromatic amines is 1. The van der Waals surface area contributed by atoms with Gasteiger partial charge in [-0.15, -0.1) is 0 Å². The quantitative estimate of drug-likeness (QED) is 0.847. The lowest BCUT2D eigenvalue weighted by molar-refractivity contribution is 0.0704. The summed E-state index contributed by atoms with van der Waals surface area (Å²) in [7, 11) is 0. The number of halogens is 1. The minimum absolute atomic E-state index is 0.0495. The van der Waals surface area contributed by atoms with Gasteiger partial charge in [0.2, 0.25) is 0 Å². The van der Waals surface area contributed by atoms with E-state index in [2.05, 4.69) is 4.98 Å². The predicted octanol–water partition coefficient (Wildman–Crippen LogP) is 2.49. The van der Waals surface area contributed by atoms with Crippen molar-refractivity contribution in [2.45, 2.75) is 32.7 Å². The Morgan fingerprint density at radius 1 is 1.43 bits per heavy atom. The van der Waals surface area contributed by atoms with Gasteiger partial charge >= 0.3 is 0 Å². The zero-order valence-electron chi connectivity index (χ0n) is 12.4. The van der Waals surface area contributed by atoms with Crippen molar-refractivity contribution in [2.24, 2.45) is 5.73 Å². The van der Waals surface area contributed by atoms with E-state index in [0.29, 0.717) is 28.9 Å². The number of likely N-dealkylation sites (tertiary alicyclic amines) is 1. The Hall–Kier alpha value is -1.88. The maximum Gasteiger partial charge on any atom is 0.270 e. The van der Waals surface area contributed by atoms with Gasteiger partial charge in [-0.2, -0.15) is 0 Å². The number of nitrogens with one attached hydrogen (secondary N) is 1. The van der Waals surface area contributed by atoms with Crippen LogP contribution in [0.3, 0.4) is 0 Å². The van der Waals surface area contributed by atoms with E-state index in [-0.39, 0.29) is 17.8 Å². The van der Waals surface area contributed by atoms with Crippen LogP contribution in [0.15, 0.2) is 12.1 Å². The van der Waals surface area contributed by atoms with E-state index in [0.717, 1.165) is 24.8 Å². The molecule has 1 aromatic carbocycles. The van der Waals surface area contributed by atoms with Crippen molar-refractivity contribution in [1.29, 1.82) is 0 Å². The number of aromatic nitrogens is 1. The summed E-state index contributed by atoms with van der Waals surface area (Å²) in [6.07, 6.45) is 1.89. The van der Waals surface area contributed by atoms with Gasteiger partial charge in [0.25, 0.3) is 5.91 Å². The summed E-state index contributed by atoms with van der Waals surface area (Å²) in [6.45, 7) is 4.78. The molecule has 0 bridgehead atoms. The number of aryl methyl sites for hydroxylation is 2. The molecule has 1 aliphatic rings. The van der Waals surface area contributed by atoms with E-state index < -0.39 is 0 Å². The van der Waals surface area contributed by atoms with Crippen LogP contribution in [0, 0.1) is 19.7 Å². The fourth-order valence-electron chi connectivity index (χ4n) is 3.08. The molecule has 0 saturated carbocycles. The summed E-state index contributed by atoms with van der Waals surface area (Å²) >= 11 is 0. The lowest BCUT2D eigenvalue weighted by Crippen LogP contribution is -2.45. The number of hydrogen-bond donors (Lipinski definition) is 2. The summed E-state index contributed by atoms with van der Waals surface area (Å²) in [5, 5.41) is 0.871. The fraction of sp³-hybridized carbons (Fsp3) is 0.438. The van der Waals surface area contributed by atoms with Gasteiger partial charge in [-0.25, -0.2) is 4.39 Å². The Labute approximate surface area is 123 Å². The molecule has 3 rings (SSSR count). The molecule has 5 heteroatoms. The Kier molecular flexibility index (Phi) is 3.45. The molecule has 112 valence electrons. The Bertz CT molecular complexity index is 707. The van der Waals surface area contributed by atoms with Gasteiger partial charge in [-0.3, -0.25) is 4.79 Å². The van der Waals surface area contributed by atoms with Gasteiger partial charge in [-0.1, -0.05) is 0 Å². The number of hydrogen-bond acceptors (Lipinski definition) is 2. The standard InChI is InChI=1S/C16H20FN3O/c1-9-6-11-7-13(19-15(11)10(2)14(9)17)16(21)20-5-3-4-12(18)8-20/h6-7,12,19H,3-5,8,18H2,1-2H3/t12-/m1/s1. The van der Waals surface area contributed by atoms with E-state index in [4.69, 9.17) is 5.73 Å². The number of carbonyl (C=O) groups is 1. The van der Waals surface area contributed by atoms with Crippen LogP contribution in [0.5, 0.6) is 0 Å². The zero-order chi connectivity index (χ0) is 15.1. The SMILES string of the molecule is Cc1cc2cc(C(=O)N3CCC[C@@H](N)C3)[nH]c2c(C)c1F. The fourth-order valence-corrected chi connectivity index (χ4v) is 3.08.